The summed E-state index contributed by atoms with van der Waals surface area (Å²) < 4.78 is 10.6. The van der Waals surface area contributed by atoms with Gasteiger partial charge < -0.3 is 19.3 Å². The monoisotopic (exact) mass is 288 g/mol. The Kier molecular flexibility index (Phi) is 8.76. The van der Waals surface area contributed by atoms with Gasteiger partial charge in [0.05, 0.1) is 0 Å². The van der Waals surface area contributed by atoms with Gasteiger partial charge in [0.2, 0.25) is 0 Å². The average Bonchev–Trinajstić information content (AvgIpc) is 2.41. The summed E-state index contributed by atoms with van der Waals surface area (Å²) in [7, 11) is 0. The van der Waals surface area contributed by atoms with Gasteiger partial charge in [-0.3, -0.25) is 0 Å². The van der Waals surface area contributed by atoms with Crippen LogP contribution in [-0.2, 0) is 9.47 Å². The Morgan fingerprint density at radius 1 is 0.750 bits per heavy atom. The fourth-order valence-electron chi connectivity index (χ4n) is 1.62. The lowest BCUT2D eigenvalue weighted by Crippen LogP contribution is -2.40. The van der Waals surface area contributed by atoms with Gasteiger partial charge in [-0.1, -0.05) is 0 Å². The van der Waals surface area contributed by atoms with Crippen LogP contribution in [0, 0.1) is 0 Å². The Hall–Kier alpha value is -1.46. The van der Waals surface area contributed by atoms with Crippen LogP contribution in [0.5, 0.6) is 0 Å². The highest BCUT2D eigenvalue weighted by atomic mass is 16.6. The van der Waals surface area contributed by atoms with E-state index in [1.165, 1.54) is 0 Å². The zero-order valence-electron chi connectivity index (χ0n) is 13.5. The van der Waals surface area contributed by atoms with Gasteiger partial charge in [-0.2, -0.15) is 0 Å². The summed E-state index contributed by atoms with van der Waals surface area (Å²) in [4.78, 5) is 26.8. The van der Waals surface area contributed by atoms with Crippen LogP contribution in [0.25, 0.3) is 0 Å². The predicted molar refractivity (Wildman–Crippen MR) is 77.7 cm³/mol. The molecule has 0 heterocycles. The number of rotatable bonds is 7. The molecule has 0 rings (SSSR count). The first-order valence-corrected chi connectivity index (χ1v) is 7.32. The number of amides is 2. The van der Waals surface area contributed by atoms with Crippen molar-refractivity contribution in [3.8, 4) is 0 Å². The molecule has 0 aromatic heterocycles. The van der Waals surface area contributed by atoms with Crippen LogP contribution >= 0.6 is 0 Å². The third-order valence-electron chi connectivity index (χ3n) is 3.28. The lowest BCUT2D eigenvalue weighted by molar-refractivity contribution is -0.0139. The fourth-order valence-corrected chi connectivity index (χ4v) is 1.62. The quantitative estimate of drug-likeness (QED) is 0.722. The Labute approximate surface area is 122 Å². The van der Waals surface area contributed by atoms with E-state index in [2.05, 4.69) is 0 Å². The molecule has 0 saturated carbocycles. The highest BCUT2D eigenvalue weighted by molar-refractivity contribution is 5.68. The van der Waals surface area contributed by atoms with Crippen LogP contribution in [0.3, 0.4) is 0 Å². The van der Waals surface area contributed by atoms with E-state index in [1.54, 1.807) is 23.6 Å². The number of carbonyl (C=O) groups excluding carboxylic acids is 2. The van der Waals surface area contributed by atoms with Crippen LogP contribution in [0.1, 0.15) is 41.5 Å². The highest BCUT2D eigenvalue weighted by Crippen LogP contribution is 2.08. The van der Waals surface area contributed by atoms with E-state index < -0.39 is 12.2 Å². The number of hydrogen-bond donors (Lipinski definition) is 0. The number of nitrogens with zero attached hydrogens (tertiary/aromatic N) is 2. The van der Waals surface area contributed by atoms with E-state index >= 15 is 0 Å². The second-order valence-electron chi connectivity index (χ2n) is 4.52. The van der Waals surface area contributed by atoms with E-state index in [0.717, 1.165) is 0 Å². The van der Waals surface area contributed by atoms with Gasteiger partial charge in [-0.05, 0) is 41.5 Å². The van der Waals surface area contributed by atoms with Crippen LogP contribution in [0.15, 0.2) is 0 Å². The van der Waals surface area contributed by atoms with Crippen molar-refractivity contribution in [1.29, 1.82) is 0 Å². The summed E-state index contributed by atoms with van der Waals surface area (Å²) >= 11 is 0. The molecule has 6 nitrogen and oxygen atoms in total. The zero-order chi connectivity index (χ0) is 15.7. The van der Waals surface area contributed by atoms with E-state index in [1.807, 2.05) is 27.7 Å². The smallest absolute Gasteiger partial charge is 0.410 e. The first-order chi connectivity index (χ1) is 9.40. The predicted octanol–water partition coefficient (Wildman–Crippen LogP) is 2.72. The molecule has 0 aliphatic rings. The van der Waals surface area contributed by atoms with Crippen molar-refractivity contribution in [2.45, 2.75) is 53.8 Å². The molecule has 0 aliphatic carbocycles. The van der Waals surface area contributed by atoms with Crippen LogP contribution in [0.4, 0.5) is 9.59 Å². The summed E-state index contributed by atoms with van der Waals surface area (Å²) in [6.07, 6.45) is -1.73. The highest BCUT2D eigenvalue weighted by Gasteiger charge is 2.24. The van der Waals surface area contributed by atoms with Crippen molar-refractivity contribution in [2.24, 2.45) is 0 Å². The summed E-state index contributed by atoms with van der Waals surface area (Å²) in [5.74, 6) is 0. The van der Waals surface area contributed by atoms with Gasteiger partial charge in [0.1, 0.15) is 12.2 Å². The van der Waals surface area contributed by atoms with E-state index in [0.29, 0.717) is 26.2 Å². The van der Waals surface area contributed by atoms with Gasteiger partial charge in [0, 0.05) is 26.2 Å². The Bertz CT molecular complexity index is 272. The lowest BCUT2D eigenvalue weighted by atomic mass is 10.2. The first-order valence-electron chi connectivity index (χ1n) is 7.32. The average molecular weight is 288 g/mol. The van der Waals surface area contributed by atoms with E-state index in [9.17, 15) is 9.59 Å². The molecule has 0 radical (unpaired) electrons. The third kappa shape index (κ3) is 5.67. The molecule has 0 aromatic rings. The maximum Gasteiger partial charge on any atom is 0.410 e. The molecule has 0 aromatic carbocycles. The molecule has 0 aliphatic heterocycles. The van der Waals surface area contributed by atoms with Crippen LogP contribution < -0.4 is 0 Å². The summed E-state index contributed by atoms with van der Waals surface area (Å²) in [6, 6.07) is 0. The lowest BCUT2D eigenvalue weighted by Gasteiger charge is -2.27. The van der Waals surface area contributed by atoms with Crippen LogP contribution in [-0.4, -0.2) is 60.4 Å². The fraction of sp³-hybridized carbons (Fsp3) is 0.857. The standard InChI is InChI=1S/C14H28N2O4/c1-7-15(8-2)13(17)19-11(5)12(6)20-14(18)16(9-3)10-4/h11-12H,7-10H2,1-6H3. The molecule has 0 N–H and O–H groups in total. The minimum absolute atomic E-state index is 0.381. The Morgan fingerprint density at radius 2 is 1.00 bits per heavy atom. The third-order valence-corrected chi connectivity index (χ3v) is 3.28. The van der Waals surface area contributed by atoms with Crippen molar-refractivity contribution in [3.63, 3.8) is 0 Å². The summed E-state index contributed by atoms with van der Waals surface area (Å²) in [6.45, 7) is 13.4. The number of carbonyl (C=O) groups is 2. The molecule has 2 atom stereocenters. The Morgan fingerprint density at radius 3 is 1.20 bits per heavy atom. The molecule has 20 heavy (non-hydrogen) atoms. The van der Waals surface area contributed by atoms with Gasteiger partial charge in [-0.25, -0.2) is 9.59 Å². The van der Waals surface area contributed by atoms with Gasteiger partial charge in [-0.15, -0.1) is 0 Å². The van der Waals surface area contributed by atoms with Gasteiger partial charge in [0.25, 0.3) is 0 Å². The topological polar surface area (TPSA) is 59.1 Å². The number of ether oxygens (including phenoxy) is 2. The molecular weight excluding hydrogens is 260 g/mol. The largest absolute Gasteiger partial charge is 0.442 e. The van der Waals surface area contributed by atoms with Crippen molar-refractivity contribution < 1.29 is 19.1 Å². The second-order valence-corrected chi connectivity index (χ2v) is 4.52. The minimum atomic E-state index is -0.484. The second kappa shape index (κ2) is 9.44. The first kappa shape index (κ1) is 18.5. The maximum atomic E-state index is 11.8. The SMILES string of the molecule is CCN(CC)C(=O)OC(C)C(C)OC(=O)N(CC)CC. The molecule has 2 amide bonds. The molecule has 0 fully saturated rings. The molecule has 6 heteroatoms. The van der Waals surface area contributed by atoms with E-state index in [4.69, 9.17) is 9.47 Å². The van der Waals surface area contributed by atoms with Crippen molar-refractivity contribution >= 4 is 12.2 Å². The normalized spacial score (nSPS) is 13.3. The summed E-state index contributed by atoms with van der Waals surface area (Å²) in [5, 5.41) is 0. The molecule has 118 valence electrons. The van der Waals surface area contributed by atoms with Gasteiger partial charge >= 0.3 is 12.2 Å². The summed E-state index contributed by atoms with van der Waals surface area (Å²) in [5.41, 5.74) is 0. The molecule has 0 bridgehead atoms. The molecule has 2 unspecified atom stereocenters. The van der Waals surface area contributed by atoms with Crippen LogP contribution in [0.2, 0.25) is 0 Å². The Balaban J connectivity index is 4.37. The van der Waals surface area contributed by atoms with E-state index in [-0.39, 0.29) is 12.2 Å². The molecular formula is C14H28N2O4. The molecule has 0 saturated heterocycles. The minimum Gasteiger partial charge on any atom is -0.442 e. The zero-order valence-corrected chi connectivity index (χ0v) is 13.5. The molecule has 0 spiro atoms. The van der Waals surface area contributed by atoms with Gasteiger partial charge in [0.15, 0.2) is 0 Å². The van der Waals surface area contributed by atoms with Crippen molar-refractivity contribution in [2.75, 3.05) is 26.2 Å². The maximum absolute atomic E-state index is 11.8. The van der Waals surface area contributed by atoms with Crippen molar-refractivity contribution in [1.82, 2.24) is 9.80 Å². The van der Waals surface area contributed by atoms with Crippen molar-refractivity contribution in [3.05, 3.63) is 0 Å². The number of hydrogen-bond acceptors (Lipinski definition) is 4.